The Morgan fingerprint density at radius 3 is 1.59 bits per heavy atom. The Balaban J connectivity index is 0.000000246. The third-order valence-electron chi connectivity index (χ3n) is 7.63. The van der Waals surface area contributed by atoms with Crippen molar-refractivity contribution in [3.05, 3.63) is 58.4 Å². The van der Waals surface area contributed by atoms with Crippen molar-refractivity contribution >= 4 is 11.9 Å². The van der Waals surface area contributed by atoms with E-state index in [1.54, 1.807) is 12.1 Å². The smallest absolute Gasteiger partial charge is 0.223 e. The van der Waals surface area contributed by atoms with E-state index in [9.17, 15) is 4.39 Å². The lowest BCUT2D eigenvalue weighted by atomic mass is 10.0. The first kappa shape index (κ1) is 33.3. The summed E-state index contributed by atoms with van der Waals surface area (Å²) in [6, 6.07) is 8.42. The van der Waals surface area contributed by atoms with Crippen molar-refractivity contribution in [2.45, 2.75) is 85.9 Å². The number of nitrogens with one attached hydrogen (secondary N) is 3. The molecule has 2 aliphatic heterocycles. The van der Waals surface area contributed by atoms with Crippen molar-refractivity contribution in [3.8, 4) is 11.5 Å². The maximum absolute atomic E-state index is 14.4. The SMILES string of the molecule is CCOc1cc(CN2CCC(Nc3nc(C)cc(C)n3)CC2)cc(OCC)c1F.Cc1cc(C)nc(NC2CCNCC2)n1. The third kappa shape index (κ3) is 10.3. The molecular weight excluding hydrogens is 559 g/mol. The summed E-state index contributed by atoms with van der Waals surface area (Å²) in [5, 5.41) is 10.2. The normalized spacial score (nSPS) is 16.2. The number of anilines is 2. The predicted molar refractivity (Wildman–Crippen MR) is 173 cm³/mol. The Morgan fingerprint density at radius 1 is 0.727 bits per heavy atom. The van der Waals surface area contributed by atoms with Crippen LogP contribution in [-0.4, -0.2) is 76.3 Å². The van der Waals surface area contributed by atoms with Crippen LogP contribution in [0.15, 0.2) is 24.3 Å². The summed E-state index contributed by atoms with van der Waals surface area (Å²) in [5.74, 6) is 1.59. The second kappa shape index (κ2) is 16.5. The Kier molecular flexibility index (Phi) is 12.5. The number of likely N-dealkylation sites (tertiary alicyclic amines) is 1. The molecule has 44 heavy (non-hydrogen) atoms. The first-order valence-electron chi connectivity index (χ1n) is 15.9. The Morgan fingerprint density at radius 2 is 1.16 bits per heavy atom. The minimum Gasteiger partial charge on any atom is -0.491 e. The highest BCUT2D eigenvalue weighted by Gasteiger charge is 2.22. The van der Waals surface area contributed by atoms with E-state index in [1.165, 1.54) is 0 Å². The molecule has 2 aromatic heterocycles. The van der Waals surface area contributed by atoms with Crippen LogP contribution in [-0.2, 0) is 6.54 Å². The summed E-state index contributed by atoms with van der Waals surface area (Å²) in [6.07, 6.45) is 4.31. The van der Waals surface area contributed by atoms with Crippen molar-refractivity contribution in [3.63, 3.8) is 0 Å². The van der Waals surface area contributed by atoms with Crippen LogP contribution in [0.2, 0.25) is 0 Å². The zero-order chi connectivity index (χ0) is 31.5. The molecule has 2 fully saturated rings. The second-order valence-electron chi connectivity index (χ2n) is 11.6. The lowest BCUT2D eigenvalue weighted by Gasteiger charge is -2.32. The van der Waals surface area contributed by atoms with E-state index in [4.69, 9.17) is 9.47 Å². The van der Waals surface area contributed by atoms with Crippen LogP contribution in [0, 0.1) is 33.5 Å². The first-order valence-corrected chi connectivity index (χ1v) is 15.9. The molecule has 3 N–H and O–H groups in total. The molecule has 10 nitrogen and oxygen atoms in total. The van der Waals surface area contributed by atoms with E-state index in [-0.39, 0.29) is 11.5 Å². The lowest BCUT2D eigenvalue weighted by Crippen LogP contribution is -2.39. The Bertz CT molecular complexity index is 1280. The fraction of sp³-hybridized carbons (Fsp3) is 0.576. The second-order valence-corrected chi connectivity index (χ2v) is 11.6. The van der Waals surface area contributed by atoms with Crippen molar-refractivity contribution < 1.29 is 13.9 Å². The van der Waals surface area contributed by atoms with Crippen LogP contribution in [0.25, 0.3) is 0 Å². The maximum Gasteiger partial charge on any atom is 0.223 e. The van der Waals surface area contributed by atoms with E-state index in [2.05, 4.69) is 40.8 Å². The molecule has 0 bridgehead atoms. The number of ether oxygens (including phenoxy) is 2. The highest BCUT2D eigenvalue weighted by molar-refractivity contribution is 5.40. The molecule has 0 spiro atoms. The van der Waals surface area contributed by atoms with Gasteiger partial charge < -0.3 is 25.4 Å². The summed E-state index contributed by atoms with van der Waals surface area (Å²) >= 11 is 0. The summed E-state index contributed by atoms with van der Waals surface area (Å²) in [6.45, 7) is 17.3. The largest absolute Gasteiger partial charge is 0.491 e. The fourth-order valence-electron chi connectivity index (χ4n) is 5.64. The van der Waals surface area contributed by atoms with Crippen molar-refractivity contribution in [2.75, 3.05) is 50.0 Å². The van der Waals surface area contributed by atoms with Gasteiger partial charge in [-0.15, -0.1) is 0 Å². The topological polar surface area (TPSA) is 109 Å². The van der Waals surface area contributed by atoms with Gasteiger partial charge in [0.2, 0.25) is 17.7 Å². The molecule has 0 saturated carbocycles. The number of hydrogen-bond donors (Lipinski definition) is 3. The lowest BCUT2D eigenvalue weighted by molar-refractivity contribution is 0.210. The molecule has 2 saturated heterocycles. The summed E-state index contributed by atoms with van der Waals surface area (Å²) in [5.41, 5.74) is 5.01. The van der Waals surface area contributed by atoms with E-state index in [1.807, 2.05) is 53.7 Å². The quantitative estimate of drug-likeness (QED) is 0.278. The average molecular weight is 609 g/mol. The van der Waals surface area contributed by atoms with Gasteiger partial charge in [-0.3, -0.25) is 4.90 Å². The number of aromatic nitrogens is 4. The number of nitrogens with zero attached hydrogens (tertiary/aromatic N) is 5. The fourth-order valence-corrected chi connectivity index (χ4v) is 5.64. The average Bonchev–Trinajstić information content (AvgIpc) is 2.97. The van der Waals surface area contributed by atoms with Crippen molar-refractivity contribution in [1.29, 1.82) is 0 Å². The van der Waals surface area contributed by atoms with E-state index >= 15 is 0 Å². The molecule has 3 aromatic rings. The number of benzene rings is 1. The van der Waals surface area contributed by atoms with Gasteiger partial charge in [-0.25, -0.2) is 19.9 Å². The van der Waals surface area contributed by atoms with Crippen LogP contribution in [0.5, 0.6) is 11.5 Å². The van der Waals surface area contributed by atoms with E-state index < -0.39 is 5.82 Å². The van der Waals surface area contributed by atoms with E-state index in [0.717, 1.165) is 92.7 Å². The number of piperidine rings is 2. The maximum atomic E-state index is 14.4. The number of hydrogen-bond acceptors (Lipinski definition) is 10. The minimum absolute atomic E-state index is 0.261. The molecule has 0 atom stereocenters. The molecule has 2 aliphatic rings. The third-order valence-corrected chi connectivity index (χ3v) is 7.63. The molecule has 1 aromatic carbocycles. The zero-order valence-electron chi connectivity index (χ0n) is 27.2. The van der Waals surface area contributed by atoms with Gasteiger partial charge in [-0.2, -0.15) is 4.39 Å². The van der Waals surface area contributed by atoms with Gasteiger partial charge in [0.1, 0.15) is 0 Å². The molecule has 4 heterocycles. The van der Waals surface area contributed by atoms with Crippen molar-refractivity contribution in [2.24, 2.45) is 0 Å². The summed E-state index contributed by atoms with van der Waals surface area (Å²) < 4.78 is 25.4. The Hall–Kier alpha value is -3.57. The van der Waals surface area contributed by atoms with Crippen LogP contribution in [0.4, 0.5) is 16.3 Å². The van der Waals surface area contributed by atoms with Crippen LogP contribution < -0.4 is 25.4 Å². The van der Waals surface area contributed by atoms with Gasteiger partial charge >= 0.3 is 0 Å². The number of halogens is 1. The molecule has 0 aliphatic carbocycles. The van der Waals surface area contributed by atoms with Crippen molar-refractivity contribution in [1.82, 2.24) is 30.2 Å². The number of aryl methyl sites for hydroxylation is 4. The first-order chi connectivity index (χ1) is 21.2. The number of rotatable bonds is 10. The molecule has 11 heteroatoms. The van der Waals surface area contributed by atoms with Gasteiger partial charge in [0.25, 0.3) is 0 Å². The van der Waals surface area contributed by atoms with Crippen LogP contribution >= 0.6 is 0 Å². The molecule has 0 radical (unpaired) electrons. The van der Waals surface area contributed by atoms with Crippen LogP contribution in [0.1, 0.15) is 67.9 Å². The Labute approximate surface area is 261 Å². The highest BCUT2D eigenvalue weighted by Crippen LogP contribution is 2.30. The van der Waals surface area contributed by atoms with Gasteiger partial charge in [0, 0.05) is 54.5 Å². The van der Waals surface area contributed by atoms with Gasteiger partial charge in [0.05, 0.1) is 13.2 Å². The zero-order valence-corrected chi connectivity index (χ0v) is 27.2. The van der Waals surface area contributed by atoms with Gasteiger partial charge in [0.15, 0.2) is 11.5 Å². The van der Waals surface area contributed by atoms with E-state index in [0.29, 0.717) is 31.2 Å². The standard InChI is InChI=1S/C22H31FN4O2.C11H18N4/c1-5-28-19-12-17(13-20(21(19)23)29-6-2)14-27-9-7-18(8-10-27)26-22-24-15(3)11-16(4)25-22;1-8-7-9(2)14-11(13-8)15-10-3-5-12-6-4-10/h11-13,18H,5-10,14H2,1-4H3,(H,24,25,26);7,10,12H,3-6H2,1-2H3,(H,13,14,15). The minimum atomic E-state index is -0.422. The molecular formula is C33H49FN8O2. The highest BCUT2D eigenvalue weighted by atomic mass is 19.1. The molecule has 240 valence electrons. The van der Waals surface area contributed by atoms with Gasteiger partial charge in [-0.1, -0.05) is 0 Å². The molecule has 0 amide bonds. The van der Waals surface area contributed by atoms with Gasteiger partial charge in [-0.05, 0) is 110 Å². The summed E-state index contributed by atoms with van der Waals surface area (Å²) in [4.78, 5) is 20.1. The monoisotopic (exact) mass is 608 g/mol. The molecule has 0 unspecified atom stereocenters. The summed E-state index contributed by atoms with van der Waals surface area (Å²) in [7, 11) is 0. The predicted octanol–water partition coefficient (Wildman–Crippen LogP) is 5.36. The van der Waals surface area contributed by atoms with Crippen LogP contribution in [0.3, 0.4) is 0 Å². The molecule has 5 rings (SSSR count).